The molecule has 0 aliphatic heterocycles. The molecule has 1 heterocycles. The summed E-state index contributed by atoms with van der Waals surface area (Å²) in [5.74, 6) is 0.0825. The van der Waals surface area contributed by atoms with Crippen molar-refractivity contribution in [1.29, 1.82) is 0 Å². The molecule has 1 atom stereocenters. The van der Waals surface area contributed by atoms with Crippen LogP contribution in [0.15, 0.2) is 40.2 Å². The Bertz CT molecular complexity index is 574. The first kappa shape index (κ1) is 15.9. The van der Waals surface area contributed by atoms with Gasteiger partial charge >= 0.3 is 0 Å². The molecular formula is C14H18N4OS2. The third-order valence-corrected chi connectivity index (χ3v) is 5.01. The quantitative estimate of drug-likeness (QED) is 0.762. The molecule has 1 aromatic carbocycles. The van der Waals surface area contributed by atoms with Crippen LogP contribution in [-0.2, 0) is 10.3 Å². The number of aromatic nitrogens is 2. The molecule has 1 aromatic heterocycles. The lowest BCUT2D eigenvalue weighted by Gasteiger charge is -2.33. The van der Waals surface area contributed by atoms with E-state index >= 15 is 0 Å². The molecule has 112 valence electrons. The minimum absolute atomic E-state index is 0.118. The second-order valence-electron chi connectivity index (χ2n) is 4.93. The number of hydrogen-bond acceptors (Lipinski definition) is 6. The fourth-order valence-electron chi connectivity index (χ4n) is 2.10. The molecule has 0 saturated heterocycles. The van der Waals surface area contributed by atoms with Gasteiger partial charge in [0.15, 0.2) is 4.34 Å². The van der Waals surface area contributed by atoms with Crippen LogP contribution in [-0.4, -0.2) is 27.9 Å². The van der Waals surface area contributed by atoms with Gasteiger partial charge in [0.05, 0.1) is 0 Å². The fourth-order valence-corrected chi connectivity index (χ4v) is 3.80. The van der Waals surface area contributed by atoms with E-state index < -0.39 is 5.54 Å². The molecule has 21 heavy (non-hydrogen) atoms. The first-order chi connectivity index (χ1) is 10.0. The average Bonchev–Trinajstić information content (AvgIpc) is 2.97. The van der Waals surface area contributed by atoms with Crippen LogP contribution in [0.1, 0.15) is 19.4 Å². The molecule has 0 fully saturated rings. The van der Waals surface area contributed by atoms with Crippen molar-refractivity contribution in [3.05, 3.63) is 41.4 Å². The number of carbonyl (C=O) groups is 1. The van der Waals surface area contributed by atoms with Gasteiger partial charge in [-0.25, -0.2) is 0 Å². The highest BCUT2D eigenvalue weighted by molar-refractivity contribution is 8.01. The van der Waals surface area contributed by atoms with E-state index in [4.69, 9.17) is 5.73 Å². The van der Waals surface area contributed by atoms with Crippen molar-refractivity contribution < 1.29 is 4.79 Å². The van der Waals surface area contributed by atoms with Crippen LogP contribution in [0.2, 0.25) is 0 Å². The second-order valence-corrected chi connectivity index (χ2v) is 6.98. The summed E-state index contributed by atoms with van der Waals surface area (Å²) in [5, 5.41) is 11.1. The minimum atomic E-state index is -0.925. The summed E-state index contributed by atoms with van der Waals surface area (Å²) in [6.07, 6.45) is 0. The Morgan fingerprint density at radius 1 is 1.43 bits per heavy atom. The van der Waals surface area contributed by atoms with E-state index in [0.29, 0.717) is 5.75 Å². The van der Waals surface area contributed by atoms with Gasteiger partial charge in [-0.15, -0.1) is 10.2 Å². The van der Waals surface area contributed by atoms with Crippen LogP contribution in [0.25, 0.3) is 0 Å². The first-order valence-corrected chi connectivity index (χ1v) is 8.43. The van der Waals surface area contributed by atoms with Crippen molar-refractivity contribution in [2.24, 2.45) is 5.73 Å². The van der Waals surface area contributed by atoms with Crippen LogP contribution in [0.5, 0.6) is 0 Å². The molecule has 0 bridgehead atoms. The lowest BCUT2D eigenvalue weighted by Crippen LogP contribution is -2.56. The Hall–Kier alpha value is -1.44. The van der Waals surface area contributed by atoms with E-state index in [2.05, 4.69) is 15.5 Å². The third kappa shape index (κ3) is 3.81. The van der Waals surface area contributed by atoms with Crippen LogP contribution in [0, 0.1) is 0 Å². The molecule has 7 heteroatoms. The van der Waals surface area contributed by atoms with Gasteiger partial charge in [-0.3, -0.25) is 10.1 Å². The Labute approximate surface area is 132 Å². The van der Waals surface area contributed by atoms with Crippen LogP contribution in [0.4, 0.5) is 0 Å². The molecular weight excluding hydrogens is 304 g/mol. The zero-order valence-corrected chi connectivity index (χ0v) is 13.6. The number of primary amides is 1. The van der Waals surface area contributed by atoms with Gasteiger partial charge in [0.25, 0.3) is 0 Å². The molecule has 3 N–H and O–H groups in total. The molecule has 0 spiro atoms. The minimum Gasteiger partial charge on any atom is -0.368 e. The number of hydrogen-bond donors (Lipinski definition) is 2. The molecule has 2 aromatic rings. The van der Waals surface area contributed by atoms with Gasteiger partial charge in [-0.05, 0) is 19.4 Å². The van der Waals surface area contributed by atoms with Crippen molar-refractivity contribution in [2.75, 3.05) is 5.75 Å². The smallest absolute Gasteiger partial charge is 0.243 e. The Morgan fingerprint density at radius 2 is 2.14 bits per heavy atom. The predicted molar refractivity (Wildman–Crippen MR) is 86.2 cm³/mol. The standard InChI is InChI=1S/C14H18N4OS2/c1-10(2)17-14(12(15)19,11-6-4-3-5-7-11)8-20-13-18-16-9-21-13/h3-7,9-10,17H,8H2,1-2H3,(H2,15,19). The molecule has 0 aliphatic rings. The second kappa shape index (κ2) is 7.02. The van der Waals surface area contributed by atoms with Gasteiger partial charge in [-0.1, -0.05) is 53.4 Å². The molecule has 0 radical (unpaired) electrons. The highest BCUT2D eigenvalue weighted by Crippen LogP contribution is 2.31. The van der Waals surface area contributed by atoms with Crippen LogP contribution in [0.3, 0.4) is 0 Å². The van der Waals surface area contributed by atoms with Crippen molar-refractivity contribution in [2.45, 2.75) is 29.8 Å². The summed E-state index contributed by atoms with van der Waals surface area (Å²) in [5.41, 5.74) is 7.36. The summed E-state index contributed by atoms with van der Waals surface area (Å²) in [4.78, 5) is 12.2. The number of amides is 1. The zero-order chi connectivity index (χ0) is 15.3. The number of nitrogens with one attached hydrogen (secondary N) is 1. The van der Waals surface area contributed by atoms with Crippen molar-refractivity contribution in [3.8, 4) is 0 Å². The maximum Gasteiger partial charge on any atom is 0.243 e. The van der Waals surface area contributed by atoms with E-state index in [0.717, 1.165) is 9.90 Å². The van der Waals surface area contributed by atoms with Gasteiger partial charge in [0.1, 0.15) is 11.0 Å². The summed E-state index contributed by atoms with van der Waals surface area (Å²) in [7, 11) is 0. The lowest BCUT2D eigenvalue weighted by molar-refractivity contribution is -0.124. The molecule has 0 saturated carbocycles. The number of benzene rings is 1. The SMILES string of the molecule is CC(C)NC(CSc1nncs1)(C(N)=O)c1ccccc1. The third-order valence-electron chi connectivity index (χ3n) is 2.97. The number of rotatable bonds is 7. The first-order valence-electron chi connectivity index (χ1n) is 6.56. The summed E-state index contributed by atoms with van der Waals surface area (Å²) in [6.45, 7) is 3.99. The number of nitrogens with zero attached hydrogens (tertiary/aromatic N) is 2. The number of thioether (sulfide) groups is 1. The molecule has 0 aliphatic carbocycles. The van der Waals surface area contributed by atoms with Crippen molar-refractivity contribution in [3.63, 3.8) is 0 Å². The number of nitrogens with two attached hydrogens (primary N) is 1. The van der Waals surface area contributed by atoms with Gasteiger partial charge in [-0.2, -0.15) is 0 Å². The maximum atomic E-state index is 12.2. The highest BCUT2D eigenvalue weighted by atomic mass is 32.2. The van der Waals surface area contributed by atoms with Crippen LogP contribution < -0.4 is 11.1 Å². The van der Waals surface area contributed by atoms with Gasteiger partial charge in [0.2, 0.25) is 5.91 Å². The zero-order valence-electron chi connectivity index (χ0n) is 11.9. The van der Waals surface area contributed by atoms with E-state index in [9.17, 15) is 4.79 Å². The van der Waals surface area contributed by atoms with Crippen molar-refractivity contribution >= 4 is 29.0 Å². The fraction of sp³-hybridized carbons (Fsp3) is 0.357. The molecule has 2 rings (SSSR count). The van der Waals surface area contributed by atoms with Gasteiger partial charge < -0.3 is 5.73 Å². The number of carbonyl (C=O) groups excluding carboxylic acids is 1. The Kier molecular flexibility index (Phi) is 5.33. The predicted octanol–water partition coefficient (Wildman–Crippen LogP) is 2.01. The van der Waals surface area contributed by atoms with Crippen molar-refractivity contribution in [1.82, 2.24) is 15.5 Å². The largest absolute Gasteiger partial charge is 0.368 e. The molecule has 1 amide bonds. The van der Waals surface area contributed by atoms with E-state index in [-0.39, 0.29) is 11.9 Å². The maximum absolute atomic E-state index is 12.2. The monoisotopic (exact) mass is 322 g/mol. The normalized spacial score (nSPS) is 14.0. The van der Waals surface area contributed by atoms with E-state index in [1.54, 1.807) is 5.51 Å². The lowest BCUT2D eigenvalue weighted by atomic mass is 9.90. The average molecular weight is 322 g/mol. The Morgan fingerprint density at radius 3 is 2.67 bits per heavy atom. The Balaban J connectivity index is 2.33. The summed E-state index contributed by atoms with van der Waals surface area (Å²) in [6, 6.07) is 9.69. The van der Waals surface area contributed by atoms with Gasteiger partial charge in [0, 0.05) is 11.8 Å². The molecule has 1 unspecified atom stereocenters. The highest BCUT2D eigenvalue weighted by Gasteiger charge is 2.39. The summed E-state index contributed by atoms with van der Waals surface area (Å²) < 4.78 is 0.821. The molecule has 5 nitrogen and oxygen atoms in total. The van der Waals surface area contributed by atoms with E-state index in [1.807, 2.05) is 44.2 Å². The topological polar surface area (TPSA) is 80.9 Å². The van der Waals surface area contributed by atoms with Crippen LogP contribution >= 0.6 is 23.1 Å². The van der Waals surface area contributed by atoms with E-state index in [1.165, 1.54) is 23.1 Å². The summed E-state index contributed by atoms with van der Waals surface area (Å²) >= 11 is 2.93.